The van der Waals surface area contributed by atoms with Crippen molar-refractivity contribution in [1.29, 1.82) is 0 Å². The van der Waals surface area contributed by atoms with Crippen LogP contribution in [0.5, 0.6) is 0 Å². The van der Waals surface area contributed by atoms with E-state index >= 15 is 0 Å². The molecule has 7 nitrogen and oxygen atoms in total. The van der Waals surface area contributed by atoms with Gasteiger partial charge in [-0.3, -0.25) is 9.59 Å². The van der Waals surface area contributed by atoms with Crippen LogP contribution in [0.3, 0.4) is 0 Å². The average Bonchev–Trinajstić information content (AvgIpc) is 3.06. The lowest BCUT2D eigenvalue weighted by Gasteiger charge is -2.13. The Bertz CT molecular complexity index is 1080. The lowest BCUT2D eigenvalue weighted by molar-refractivity contribution is -0.113. The summed E-state index contributed by atoms with van der Waals surface area (Å²) in [6.07, 6.45) is 0. The van der Waals surface area contributed by atoms with Crippen LogP contribution in [0, 0.1) is 0 Å². The second kappa shape index (κ2) is 10.4. The Morgan fingerprint density at radius 1 is 1.03 bits per heavy atom. The summed E-state index contributed by atoms with van der Waals surface area (Å²) < 4.78 is 1.74. The van der Waals surface area contributed by atoms with Gasteiger partial charge in [0.25, 0.3) is 5.91 Å². The quantitative estimate of drug-likeness (QED) is 0.448. The van der Waals surface area contributed by atoms with Crippen LogP contribution in [0.4, 0.5) is 5.69 Å². The van der Waals surface area contributed by atoms with Gasteiger partial charge in [-0.05, 0) is 49.4 Å². The topological polar surface area (TPSA) is 88.9 Å². The maximum absolute atomic E-state index is 12.4. The number of carbonyl (C=O) groups is 2. The Balaban J connectivity index is 1.58. The normalized spacial score (nSPS) is 11.8. The van der Waals surface area contributed by atoms with Crippen molar-refractivity contribution in [2.45, 2.75) is 18.1 Å². The Morgan fingerprint density at radius 2 is 1.68 bits per heavy atom. The molecule has 31 heavy (non-hydrogen) atoms. The molecule has 0 aliphatic heterocycles. The minimum Gasteiger partial charge on any atom is -0.342 e. The number of anilines is 1. The van der Waals surface area contributed by atoms with Crippen molar-refractivity contribution in [2.24, 2.45) is 7.05 Å². The molecule has 0 unspecified atom stereocenters. The van der Waals surface area contributed by atoms with Gasteiger partial charge >= 0.3 is 0 Å². The molecule has 2 aromatic carbocycles. The van der Waals surface area contributed by atoms with Crippen LogP contribution in [0.2, 0.25) is 15.1 Å². The fourth-order valence-electron chi connectivity index (χ4n) is 2.73. The first-order valence-corrected chi connectivity index (χ1v) is 11.2. The smallest absolute Gasteiger partial charge is 0.251 e. The van der Waals surface area contributed by atoms with Gasteiger partial charge in [-0.25, -0.2) is 0 Å². The van der Waals surface area contributed by atoms with E-state index in [4.69, 9.17) is 34.8 Å². The Hall–Kier alpha value is -2.26. The summed E-state index contributed by atoms with van der Waals surface area (Å²) in [6.45, 7) is 1.81. The molecule has 2 N–H and O–H groups in total. The van der Waals surface area contributed by atoms with Crippen molar-refractivity contribution in [1.82, 2.24) is 20.1 Å². The van der Waals surface area contributed by atoms with Crippen LogP contribution in [-0.2, 0) is 11.8 Å². The maximum Gasteiger partial charge on any atom is 0.251 e. The second-order valence-corrected chi connectivity index (χ2v) is 8.85. The number of thioether (sulfide) groups is 1. The van der Waals surface area contributed by atoms with E-state index in [1.165, 1.54) is 11.8 Å². The van der Waals surface area contributed by atoms with Crippen LogP contribution in [0.15, 0.2) is 47.6 Å². The van der Waals surface area contributed by atoms with E-state index in [1.54, 1.807) is 54.1 Å². The minimum atomic E-state index is -0.391. The van der Waals surface area contributed by atoms with E-state index in [1.807, 2.05) is 6.92 Å². The molecule has 3 rings (SSSR count). The summed E-state index contributed by atoms with van der Waals surface area (Å²) >= 11 is 19.0. The molecule has 1 atom stereocenters. The van der Waals surface area contributed by atoms with E-state index < -0.39 is 6.04 Å². The SMILES string of the molecule is C[C@@H](NC(=O)c1ccc(Cl)cc1)c1nnc(SCC(=O)Nc2cc(Cl)cc(Cl)c2)n1C. The summed E-state index contributed by atoms with van der Waals surface area (Å²) in [6, 6.07) is 11.0. The van der Waals surface area contributed by atoms with Gasteiger partial charge < -0.3 is 15.2 Å². The maximum atomic E-state index is 12.4. The van der Waals surface area contributed by atoms with Crippen molar-refractivity contribution in [3.63, 3.8) is 0 Å². The van der Waals surface area contributed by atoms with Gasteiger partial charge in [-0.1, -0.05) is 46.6 Å². The lowest BCUT2D eigenvalue weighted by atomic mass is 10.2. The van der Waals surface area contributed by atoms with E-state index in [-0.39, 0.29) is 17.6 Å². The van der Waals surface area contributed by atoms with Gasteiger partial charge in [0, 0.05) is 33.4 Å². The molecule has 1 aromatic heterocycles. The first kappa shape index (κ1) is 23.4. The predicted octanol–water partition coefficient (Wildman–Crippen LogP) is 5.00. The van der Waals surface area contributed by atoms with Crippen molar-refractivity contribution < 1.29 is 9.59 Å². The first-order valence-electron chi connectivity index (χ1n) is 9.07. The zero-order valence-corrected chi connectivity index (χ0v) is 19.6. The van der Waals surface area contributed by atoms with Gasteiger partial charge in [-0.2, -0.15) is 0 Å². The van der Waals surface area contributed by atoms with Crippen LogP contribution in [0.1, 0.15) is 29.1 Å². The number of nitrogens with one attached hydrogen (secondary N) is 2. The standard InChI is InChI=1S/C20H18Cl3N5O2S/c1-11(24-19(30)12-3-5-13(21)6-4-12)18-26-27-20(28(18)2)31-10-17(29)25-16-8-14(22)7-15(23)9-16/h3-9,11H,10H2,1-2H3,(H,24,30)(H,25,29)/t11-/m1/s1. The number of rotatable bonds is 7. The van der Waals surface area contributed by atoms with E-state index in [9.17, 15) is 9.59 Å². The van der Waals surface area contributed by atoms with Crippen LogP contribution < -0.4 is 10.6 Å². The first-order chi connectivity index (χ1) is 14.7. The van der Waals surface area contributed by atoms with E-state index in [0.717, 1.165) is 0 Å². The average molecular weight is 499 g/mol. The van der Waals surface area contributed by atoms with E-state index in [2.05, 4.69) is 20.8 Å². The molecule has 2 amide bonds. The summed E-state index contributed by atoms with van der Waals surface area (Å²) in [4.78, 5) is 24.7. The Kier molecular flexibility index (Phi) is 7.83. The molecule has 0 radical (unpaired) electrons. The molecule has 0 aliphatic carbocycles. The molecule has 1 heterocycles. The van der Waals surface area contributed by atoms with E-state index in [0.29, 0.717) is 37.3 Å². The number of hydrogen-bond acceptors (Lipinski definition) is 5. The Labute approximate surface area is 198 Å². The zero-order valence-electron chi connectivity index (χ0n) is 16.5. The highest BCUT2D eigenvalue weighted by Crippen LogP contribution is 2.24. The number of benzene rings is 2. The summed E-state index contributed by atoms with van der Waals surface area (Å²) in [7, 11) is 1.78. The molecule has 0 aliphatic rings. The fourth-order valence-corrected chi connectivity index (χ4v) is 4.10. The number of aromatic nitrogens is 3. The second-order valence-electron chi connectivity index (χ2n) is 6.60. The number of halogens is 3. The number of hydrogen-bond donors (Lipinski definition) is 2. The molecule has 3 aromatic rings. The summed E-state index contributed by atoms with van der Waals surface area (Å²) in [5.41, 5.74) is 1.01. The molecule has 0 fully saturated rings. The Morgan fingerprint density at radius 3 is 2.32 bits per heavy atom. The van der Waals surface area contributed by atoms with Gasteiger partial charge in [-0.15, -0.1) is 10.2 Å². The van der Waals surface area contributed by atoms with Gasteiger partial charge in [0.1, 0.15) is 0 Å². The molecule has 162 valence electrons. The third-order valence-electron chi connectivity index (χ3n) is 4.19. The molecule has 0 saturated carbocycles. The van der Waals surface area contributed by atoms with Gasteiger partial charge in [0.2, 0.25) is 5.91 Å². The van der Waals surface area contributed by atoms with Crippen LogP contribution in [0.25, 0.3) is 0 Å². The van der Waals surface area contributed by atoms with Crippen molar-refractivity contribution >= 4 is 64.1 Å². The monoisotopic (exact) mass is 497 g/mol. The van der Waals surface area contributed by atoms with Crippen LogP contribution >= 0.6 is 46.6 Å². The number of nitrogens with zero attached hydrogens (tertiary/aromatic N) is 3. The molecule has 0 spiro atoms. The van der Waals surface area contributed by atoms with Gasteiger partial charge in [0.15, 0.2) is 11.0 Å². The summed E-state index contributed by atoms with van der Waals surface area (Å²) in [5, 5.41) is 15.9. The highest BCUT2D eigenvalue weighted by atomic mass is 35.5. The fraction of sp³-hybridized carbons (Fsp3) is 0.200. The van der Waals surface area contributed by atoms with Crippen molar-refractivity contribution in [3.05, 3.63) is 68.9 Å². The highest BCUT2D eigenvalue weighted by Gasteiger charge is 2.19. The molecular weight excluding hydrogens is 481 g/mol. The number of carbonyl (C=O) groups excluding carboxylic acids is 2. The van der Waals surface area contributed by atoms with Gasteiger partial charge in [0.05, 0.1) is 11.8 Å². The largest absolute Gasteiger partial charge is 0.342 e. The van der Waals surface area contributed by atoms with Crippen molar-refractivity contribution in [3.8, 4) is 0 Å². The molecule has 0 saturated heterocycles. The van der Waals surface area contributed by atoms with Crippen molar-refractivity contribution in [2.75, 3.05) is 11.1 Å². The lowest BCUT2D eigenvalue weighted by Crippen LogP contribution is -2.28. The van der Waals surface area contributed by atoms with Crippen LogP contribution in [-0.4, -0.2) is 32.3 Å². The molecular formula is C20H18Cl3N5O2S. The summed E-state index contributed by atoms with van der Waals surface area (Å²) in [5.74, 6) is 0.187. The highest BCUT2D eigenvalue weighted by molar-refractivity contribution is 7.99. The molecule has 11 heteroatoms. The predicted molar refractivity (Wildman–Crippen MR) is 124 cm³/mol. The number of amides is 2. The third-order valence-corrected chi connectivity index (χ3v) is 5.90. The zero-order chi connectivity index (χ0) is 22.5. The molecule has 0 bridgehead atoms. The minimum absolute atomic E-state index is 0.113. The third kappa shape index (κ3) is 6.36.